The summed E-state index contributed by atoms with van der Waals surface area (Å²) in [4.78, 5) is 13.8. The number of rotatable bonds is 7. The molecule has 0 saturated carbocycles. The number of hydrogen-bond acceptors (Lipinski definition) is 5. The van der Waals surface area contributed by atoms with E-state index in [2.05, 4.69) is 0 Å². The van der Waals surface area contributed by atoms with E-state index in [0.29, 0.717) is 12.1 Å². The summed E-state index contributed by atoms with van der Waals surface area (Å²) in [5.41, 5.74) is 0.565. The van der Waals surface area contributed by atoms with Crippen molar-refractivity contribution < 1.29 is 9.53 Å². The molecule has 1 aromatic rings. The van der Waals surface area contributed by atoms with Crippen molar-refractivity contribution in [1.29, 1.82) is 10.5 Å². The van der Waals surface area contributed by atoms with Crippen LogP contribution in [0.5, 0.6) is 0 Å². The zero-order valence-electron chi connectivity index (χ0n) is 13.3. The third kappa shape index (κ3) is 6.50. The van der Waals surface area contributed by atoms with Crippen LogP contribution in [0.4, 0.5) is 0 Å². The lowest BCUT2D eigenvalue weighted by Crippen LogP contribution is -2.29. The molecule has 5 nitrogen and oxygen atoms in total. The fourth-order valence-electron chi connectivity index (χ4n) is 1.76. The van der Waals surface area contributed by atoms with Gasteiger partial charge < -0.3 is 9.64 Å². The van der Waals surface area contributed by atoms with Crippen LogP contribution in [0.15, 0.2) is 54.3 Å². The third-order valence-electron chi connectivity index (χ3n) is 3.04. The lowest BCUT2D eigenvalue weighted by molar-refractivity contribution is 0.0470. The average molecular weight is 309 g/mol. The standard InChI is InChI=1S/C18H19N3O2/c1-15(2)21(10-6-7-16(13-19)14-20)11-12-23-18(22)17-8-4-3-5-9-17/h3-10,15H,11-12H2,1-2H3. The molecule has 0 unspecified atom stereocenters. The van der Waals surface area contributed by atoms with E-state index >= 15 is 0 Å². The smallest absolute Gasteiger partial charge is 0.338 e. The lowest BCUT2D eigenvalue weighted by atomic mass is 10.2. The Bertz CT molecular complexity index is 633. The number of hydrogen-bond donors (Lipinski definition) is 0. The molecule has 1 rings (SSSR count). The first-order valence-electron chi connectivity index (χ1n) is 7.25. The molecule has 0 spiro atoms. The van der Waals surface area contributed by atoms with Gasteiger partial charge >= 0.3 is 5.97 Å². The number of nitrogens with zero attached hydrogens (tertiary/aromatic N) is 3. The molecular formula is C18H19N3O2. The van der Waals surface area contributed by atoms with Gasteiger partial charge in [-0.1, -0.05) is 18.2 Å². The summed E-state index contributed by atoms with van der Waals surface area (Å²) in [6, 6.07) is 12.6. The van der Waals surface area contributed by atoms with Crippen LogP contribution in [0.2, 0.25) is 0 Å². The molecular weight excluding hydrogens is 290 g/mol. The van der Waals surface area contributed by atoms with E-state index in [9.17, 15) is 4.79 Å². The van der Waals surface area contributed by atoms with Crippen molar-refractivity contribution >= 4 is 5.97 Å². The van der Waals surface area contributed by atoms with Gasteiger partial charge in [-0.15, -0.1) is 0 Å². The topological polar surface area (TPSA) is 77.1 Å². The summed E-state index contributed by atoms with van der Waals surface area (Å²) >= 11 is 0. The van der Waals surface area contributed by atoms with Gasteiger partial charge in [-0.25, -0.2) is 4.79 Å². The van der Waals surface area contributed by atoms with Crippen LogP contribution in [0.25, 0.3) is 0 Å². The van der Waals surface area contributed by atoms with Crippen LogP contribution in [-0.2, 0) is 4.74 Å². The number of carbonyl (C=O) groups is 1. The Kier molecular flexibility index (Phi) is 7.68. The van der Waals surface area contributed by atoms with Crippen LogP contribution < -0.4 is 0 Å². The second-order valence-electron chi connectivity index (χ2n) is 4.98. The number of nitriles is 2. The second-order valence-corrected chi connectivity index (χ2v) is 4.98. The zero-order chi connectivity index (χ0) is 17.1. The molecule has 0 bridgehead atoms. The zero-order valence-corrected chi connectivity index (χ0v) is 13.3. The Morgan fingerprint density at radius 3 is 2.48 bits per heavy atom. The summed E-state index contributed by atoms with van der Waals surface area (Å²) in [5.74, 6) is -0.352. The molecule has 23 heavy (non-hydrogen) atoms. The molecule has 0 aliphatic carbocycles. The van der Waals surface area contributed by atoms with Crippen LogP contribution in [0.1, 0.15) is 24.2 Å². The first-order valence-corrected chi connectivity index (χ1v) is 7.25. The maximum absolute atomic E-state index is 11.8. The Balaban J connectivity index is 2.53. The number of allylic oxidation sites excluding steroid dienone is 3. The van der Waals surface area contributed by atoms with Gasteiger partial charge in [0.1, 0.15) is 24.3 Å². The number of benzene rings is 1. The van der Waals surface area contributed by atoms with Gasteiger partial charge in [0.25, 0.3) is 0 Å². The minimum atomic E-state index is -0.352. The first kappa shape index (κ1) is 18.0. The van der Waals surface area contributed by atoms with Crippen molar-refractivity contribution in [2.45, 2.75) is 19.9 Å². The van der Waals surface area contributed by atoms with Crippen molar-refractivity contribution in [2.75, 3.05) is 13.2 Å². The van der Waals surface area contributed by atoms with Crippen molar-refractivity contribution in [1.82, 2.24) is 4.90 Å². The van der Waals surface area contributed by atoms with Crippen LogP contribution in [-0.4, -0.2) is 30.1 Å². The molecule has 0 aliphatic rings. The predicted octanol–water partition coefficient (Wildman–Crippen LogP) is 3.04. The van der Waals surface area contributed by atoms with E-state index in [-0.39, 0.29) is 24.2 Å². The number of esters is 1. The van der Waals surface area contributed by atoms with E-state index in [0.717, 1.165) is 0 Å². The molecule has 0 amide bonds. The summed E-state index contributed by atoms with van der Waals surface area (Å²) in [7, 11) is 0. The predicted molar refractivity (Wildman–Crippen MR) is 87.0 cm³/mol. The number of carbonyl (C=O) groups excluding carboxylic acids is 1. The van der Waals surface area contributed by atoms with Crippen molar-refractivity contribution in [3.63, 3.8) is 0 Å². The maximum atomic E-state index is 11.8. The molecule has 1 aromatic carbocycles. The highest BCUT2D eigenvalue weighted by atomic mass is 16.5. The van der Waals surface area contributed by atoms with Crippen LogP contribution in [0.3, 0.4) is 0 Å². The van der Waals surface area contributed by atoms with Crippen molar-refractivity contribution in [3.05, 3.63) is 59.8 Å². The highest BCUT2D eigenvalue weighted by molar-refractivity contribution is 5.89. The molecule has 0 aromatic heterocycles. The molecule has 0 radical (unpaired) electrons. The Labute approximate surface area is 136 Å². The minimum absolute atomic E-state index is 0.0421. The fourth-order valence-corrected chi connectivity index (χ4v) is 1.76. The van der Waals surface area contributed by atoms with Gasteiger partial charge in [-0.3, -0.25) is 0 Å². The average Bonchev–Trinajstić information content (AvgIpc) is 2.57. The normalized spacial score (nSPS) is 9.96. The van der Waals surface area contributed by atoms with Gasteiger partial charge in [-0.05, 0) is 44.3 Å². The van der Waals surface area contributed by atoms with Crippen molar-refractivity contribution in [2.24, 2.45) is 0 Å². The van der Waals surface area contributed by atoms with E-state index < -0.39 is 0 Å². The van der Waals surface area contributed by atoms with Gasteiger partial charge in [0, 0.05) is 6.04 Å². The Hall–Kier alpha value is -3.05. The monoisotopic (exact) mass is 309 g/mol. The van der Waals surface area contributed by atoms with E-state index in [1.165, 1.54) is 6.08 Å². The molecule has 5 heteroatoms. The quantitative estimate of drug-likeness (QED) is 0.439. The van der Waals surface area contributed by atoms with Gasteiger partial charge in [0.05, 0.1) is 12.1 Å². The lowest BCUT2D eigenvalue weighted by Gasteiger charge is -2.24. The molecule has 0 aliphatic heterocycles. The van der Waals surface area contributed by atoms with Crippen molar-refractivity contribution in [3.8, 4) is 12.1 Å². The van der Waals surface area contributed by atoms with E-state index in [1.54, 1.807) is 48.7 Å². The fraction of sp³-hybridized carbons (Fsp3) is 0.278. The Morgan fingerprint density at radius 1 is 1.26 bits per heavy atom. The first-order chi connectivity index (χ1) is 11.1. The van der Waals surface area contributed by atoms with Crippen LogP contribution >= 0.6 is 0 Å². The highest BCUT2D eigenvalue weighted by Crippen LogP contribution is 2.03. The molecule has 0 N–H and O–H groups in total. The minimum Gasteiger partial charge on any atom is -0.460 e. The molecule has 0 atom stereocenters. The van der Waals surface area contributed by atoms with Gasteiger partial charge in [0.15, 0.2) is 0 Å². The Morgan fingerprint density at radius 2 is 1.91 bits per heavy atom. The maximum Gasteiger partial charge on any atom is 0.338 e. The third-order valence-corrected chi connectivity index (χ3v) is 3.04. The van der Waals surface area contributed by atoms with Gasteiger partial charge in [-0.2, -0.15) is 10.5 Å². The van der Waals surface area contributed by atoms with E-state index in [1.807, 2.05) is 24.8 Å². The van der Waals surface area contributed by atoms with Gasteiger partial charge in [0.2, 0.25) is 0 Å². The van der Waals surface area contributed by atoms with Crippen LogP contribution in [0, 0.1) is 22.7 Å². The molecule has 0 saturated heterocycles. The van der Waals surface area contributed by atoms with E-state index in [4.69, 9.17) is 15.3 Å². The summed E-state index contributed by atoms with van der Waals surface area (Å²) in [6.07, 6.45) is 4.86. The summed E-state index contributed by atoms with van der Waals surface area (Å²) in [6.45, 7) is 4.78. The SMILES string of the molecule is CC(C)N(C=CC=C(C#N)C#N)CCOC(=O)c1ccccc1. The summed E-state index contributed by atoms with van der Waals surface area (Å²) < 4.78 is 5.24. The second kappa shape index (κ2) is 9.81. The highest BCUT2D eigenvalue weighted by Gasteiger charge is 2.08. The summed E-state index contributed by atoms with van der Waals surface area (Å²) in [5, 5.41) is 17.3. The number of ether oxygens (including phenoxy) is 1. The molecule has 0 heterocycles. The molecule has 118 valence electrons. The molecule has 0 fully saturated rings. The largest absolute Gasteiger partial charge is 0.460 e.